The van der Waals surface area contributed by atoms with E-state index in [4.69, 9.17) is 9.72 Å². The van der Waals surface area contributed by atoms with E-state index in [9.17, 15) is 0 Å². The second-order valence-electron chi connectivity index (χ2n) is 6.33. The van der Waals surface area contributed by atoms with Crippen LogP contribution in [0.1, 0.15) is 0 Å². The second-order valence-corrected chi connectivity index (χ2v) is 6.33. The summed E-state index contributed by atoms with van der Waals surface area (Å²) in [5.74, 6) is 1.85. The van der Waals surface area contributed by atoms with Crippen LogP contribution in [0.3, 0.4) is 0 Å². The van der Waals surface area contributed by atoms with Crippen LogP contribution in [0.15, 0.2) is 42.9 Å². The zero-order valence-electron chi connectivity index (χ0n) is 14.5. The van der Waals surface area contributed by atoms with Crippen molar-refractivity contribution in [2.45, 2.75) is 0 Å². The molecule has 0 amide bonds. The van der Waals surface area contributed by atoms with Gasteiger partial charge in [0, 0.05) is 49.5 Å². The first kappa shape index (κ1) is 15.2. The summed E-state index contributed by atoms with van der Waals surface area (Å²) in [6.07, 6.45) is 5.59. The van der Waals surface area contributed by atoms with Crippen molar-refractivity contribution in [2.75, 3.05) is 31.2 Å². The number of pyridine rings is 1. The molecule has 1 fully saturated rings. The molecule has 1 aliphatic heterocycles. The first-order valence-corrected chi connectivity index (χ1v) is 8.64. The molecule has 1 saturated heterocycles. The molecule has 5 heterocycles. The second kappa shape index (κ2) is 5.99. The van der Waals surface area contributed by atoms with Crippen LogP contribution < -0.4 is 4.90 Å². The number of H-pyrrole nitrogens is 1. The van der Waals surface area contributed by atoms with Crippen molar-refractivity contribution in [3.05, 3.63) is 42.9 Å². The fourth-order valence-corrected chi connectivity index (χ4v) is 3.48. The average Bonchev–Trinajstić information content (AvgIpc) is 3.41. The van der Waals surface area contributed by atoms with Crippen LogP contribution in [0.4, 0.5) is 5.82 Å². The number of aromatic amines is 1. The molecule has 0 unspecified atom stereocenters. The third-order valence-corrected chi connectivity index (χ3v) is 4.82. The third kappa shape index (κ3) is 2.38. The van der Waals surface area contributed by atoms with Gasteiger partial charge >= 0.3 is 0 Å². The van der Waals surface area contributed by atoms with E-state index in [1.807, 2.05) is 40.8 Å². The largest absolute Gasteiger partial charge is 0.378 e. The molecule has 4 aromatic heterocycles. The van der Waals surface area contributed by atoms with E-state index in [-0.39, 0.29) is 0 Å². The topological polar surface area (TPSA) is 76.8 Å². The number of nitrogens with one attached hydrogen (secondary N) is 1. The number of rotatable bonds is 3. The Kier molecular flexibility index (Phi) is 3.49. The number of morpholine rings is 1. The van der Waals surface area contributed by atoms with Crippen molar-refractivity contribution < 1.29 is 4.74 Å². The van der Waals surface area contributed by atoms with Crippen LogP contribution in [-0.4, -0.2) is 55.8 Å². The van der Waals surface area contributed by atoms with Crippen LogP contribution >= 0.6 is 0 Å². The van der Waals surface area contributed by atoms with Crippen LogP contribution in [-0.2, 0) is 11.8 Å². The molecule has 0 atom stereocenters. The summed E-state index contributed by atoms with van der Waals surface area (Å²) >= 11 is 0. The van der Waals surface area contributed by atoms with Gasteiger partial charge in [-0.05, 0) is 18.2 Å². The molecule has 0 saturated carbocycles. The molecule has 4 aromatic rings. The number of ether oxygens (including phenoxy) is 1. The molecule has 1 N–H and O–H groups in total. The Morgan fingerprint density at radius 3 is 2.73 bits per heavy atom. The Hall–Kier alpha value is -3.13. The van der Waals surface area contributed by atoms with Gasteiger partial charge in [-0.15, -0.1) is 0 Å². The molecule has 26 heavy (non-hydrogen) atoms. The Balaban J connectivity index is 1.75. The normalized spacial score (nSPS) is 15.0. The van der Waals surface area contributed by atoms with E-state index in [2.05, 4.69) is 32.3 Å². The highest BCUT2D eigenvalue weighted by Gasteiger charge is 2.19. The lowest BCUT2D eigenvalue weighted by atomic mass is 10.1. The first-order chi connectivity index (χ1) is 12.8. The zero-order chi connectivity index (χ0) is 17.5. The van der Waals surface area contributed by atoms with Crippen molar-refractivity contribution in [3.8, 4) is 17.1 Å². The standard InChI is InChI=1S/C18H19N7O/c1-23-15(2-6-20-23)14-12-17(24-8-10-26-11-9-24)21-18-13(14)4-7-25(18)16-3-5-19-22-16/h2-7,12H,8-11H2,1H3,(H,19,22). The lowest BCUT2D eigenvalue weighted by Gasteiger charge is -2.28. The van der Waals surface area contributed by atoms with Gasteiger partial charge in [0.1, 0.15) is 17.3 Å². The van der Waals surface area contributed by atoms with Gasteiger partial charge in [0.15, 0.2) is 0 Å². The van der Waals surface area contributed by atoms with E-state index in [0.717, 1.165) is 60.2 Å². The lowest BCUT2D eigenvalue weighted by molar-refractivity contribution is 0.122. The summed E-state index contributed by atoms with van der Waals surface area (Å²) in [5, 5.41) is 12.5. The fraction of sp³-hybridized carbons (Fsp3) is 0.278. The molecule has 0 aliphatic carbocycles. The molecule has 5 rings (SSSR count). The Morgan fingerprint density at radius 1 is 1.12 bits per heavy atom. The monoisotopic (exact) mass is 349 g/mol. The number of aryl methyl sites for hydroxylation is 1. The highest BCUT2D eigenvalue weighted by atomic mass is 16.5. The minimum atomic E-state index is 0.725. The summed E-state index contributed by atoms with van der Waals surface area (Å²) in [6, 6.07) is 8.22. The maximum Gasteiger partial charge on any atom is 0.148 e. The maximum absolute atomic E-state index is 5.50. The van der Waals surface area contributed by atoms with Gasteiger partial charge in [0.05, 0.1) is 25.1 Å². The molecule has 8 heteroatoms. The number of hydrogen-bond donors (Lipinski definition) is 1. The maximum atomic E-state index is 5.50. The van der Waals surface area contributed by atoms with E-state index in [1.54, 1.807) is 6.20 Å². The molecule has 0 bridgehead atoms. The summed E-state index contributed by atoms with van der Waals surface area (Å²) in [6.45, 7) is 3.13. The molecule has 0 radical (unpaired) electrons. The number of aromatic nitrogens is 6. The Labute approximate surface area is 150 Å². The van der Waals surface area contributed by atoms with Gasteiger partial charge in [-0.1, -0.05) is 0 Å². The van der Waals surface area contributed by atoms with E-state index in [1.165, 1.54) is 0 Å². The summed E-state index contributed by atoms with van der Waals surface area (Å²) in [7, 11) is 1.96. The van der Waals surface area contributed by atoms with Crippen molar-refractivity contribution >= 4 is 16.9 Å². The van der Waals surface area contributed by atoms with Gasteiger partial charge in [0.25, 0.3) is 0 Å². The molecule has 0 spiro atoms. The van der Waals surface area contributed by atoms with Crippen molar-refractivity contribution in [3.63, 3.8) is 0 Å². The lowest BCUT2D eigenvalue weighted by Crippen LogP contribution is -2.36. The van der Waals surface area contributed by atoms with Gasteiger partial charge < -0.3 is 9.64 Å². The van der Waals surface area contributed by atoms with Gasteiger partial charge in [-0.25, -0.2) is 4.98 Å². The highest BCUT2D eigenvalue weighted by molar-refractivity contribution is 5.95. The van der Waals surface area contributed by atoms with Crippen LogP contribution in [0.2, 0.25) is 0 Å². The van der Waals surface area contributed by atoms with E-state index < -0.39 is 0 Å². The number of fused-ring (bicyclic) bond motifs is 1. The van der Waals surface area contributed by atoms with Crippen LogP contribution in [0, 0.1) is 0 Å². The number of anilines is 1. The minimum absolute atomic E-state index is 0.725. The Bertz CT molecular complexity index is 1040. The zero-order valence-corrected chi connectivity index (χ0v) is 14.5. The molecular weight excluding hydrogens is 330 g/mol. The average molecular weight is 349 g/mol. The van der Waals surface area contributed by atoms with E-state index >= 15 is 0 Å². The Morgan fingerprint density at radius 2 is 2.00 bits per heavy atom. The highest BCUT2D eigenvalue weighted by Crippen LogP contribution is 2.32. The number of nitrogens with zero attached hydrogens (tertiary/aromatic N) is 6. The van der Waals surface area contributed by atoms with Crippen LogP contribution in [0.25, 0.3) is 28.1 Å². The predicted molar refractivity (Wildman–Crippen MR) is 98.4 cm³/mol. The molecule has 132 valence electrons. The quantitative estimate of drug-likeness (QED) is 0.612. The number of hydrogen-bond acceptors (Lipinski definition) is 5. The van der Waals surface area contributed by atoms with Gasteiger partial charge in [-0.2, -0.15) is 10.2 Å². The molecule has 8 nitrogen and oxygen atoms in total. The van der Waals surface area contributed by atoms with E-state index in [0.29, 0.717) is 0 Å². The predicted octanol–water partition coefficient (Wildman–Crippen LogP) is 1.99. The van der Waals surface area contributed by atoms with Crippen molar-refractivity contribution in [1.29, 1.82) is 0 Å². The minimum Gasteiger partial charge on any atom is -0.378 e. The fourth-order valence-electron chi connectivity index (χ4n) is 3.48. The summed E-state index contributed by atoms with van der Waals surface area (Å²) in [5.41, 5.74) is 3.08. The van der Waals surface area contributed by atoms with Crippen LogP contribution in [0.5, 0.6) is 0 Å². The smallest absolute Gasteiger partial charge is 0.148 e. The summed E-state index contributed by atoms with van der Waals surface area (Å²) < 4.78 is 9.42. The van der Waals surface area contributed by atoms with Gasteiger partial charge in [-0.3, -0.25) is 14.3 Å². The third-order valence-electron chi connectivity index (χ3n) is 4.82. The SMILES string of the molecule is Cn1nccc1-c1cc(N2CCOCC2)nc2c1ccn2-c1ccn[nH]1. The van der Waals surface area contributed by atoms with Crippen molar-refractivity contribution in [1.82, 2.24) is 29.5 Å². The molecular formula is C18H19N7O. The molecule has 0 aromatic carbocycles. The van der Waals surface area contributed by atoms with Gasteiger partial charge in [0.2, 0.25) is 0 Å². The van der Waals surface area contributed by atoms with Crippen molar-refractivity contribution in [2.24, 2.45) is 7.05 Å². The molecule has 1 aliphatic rings. The first-order valence-electron chi connectivity index (χ1n) is 8.64. The summed E-state index contributed by atoms with van der Waals surface area (Å²) in [4.78, 5) is 7.24.